The van der Waals surface area contributed by atoms with Crippen LogP contribution in [0.1, 0.15) is 139 Å². The van der Waals surface area contributed by atoms with Gasteiger partial charge in [-0.2, -0.15) is 0 Å². The second-order valence-corrected chi connectivity index (χ2v) is 11.3. The van der Waals surface area contributed by atoms with Gasteiger partial charge in [-0.3, -0.25) is 9.98 Å². The minimum absolute atomic E-state index is 0.960. The Morgan fingerprint density at radius 1 is 0.605 bits per heavy atom. The van der Waals surface area contributed by atoms with Crippen LogP contribution >= 0.6 is 0 Å². The molecule has 210 valence electrons. The Hall–Kier alpha value is -2.22. The fourth-order valence-electron chi connectivity index (χ4n) is 5.29. The van der Waals surface area contributed by atoms with Crippen molar-refractivity contribution >= 4 is 23.3 Å². The number of aryl methyl sites for hydroxylation is 4. The Bertz CT molecular complexity index is 999. The third kappa shape index (κ3) is 12.1. The molecule has 0 atom stereocenters. The van der Waals surface area contributed by atoms with E-state index in [0.29, 0.717) is 0 Å². The molecule has 38 heavy (non-hydrogen) atoms. The molecule has 0 aromatic heterocycles. The molecule has 0 heterocycles. The van der Waals surface area contributed by atoms with E-state index in [2.05, 4.69) is 71.9 Å². The number of hydrogen-bond donors (Lipinski definition) is 0. The van der Waals surface area contributed by atoms with Gasteiger partial charge in [-0.15, -0.1) is 0 Å². The van der Waals surface area contributed by atoms with Crippen molar-refractivity contribution in [2.24, 2.45) is 9.98 Å². The lowest BCUT2D eigenvalue weighted by Crippen LogP contribution is -2.02. The summed E-state index contributed by atoms with van der Waals surface area (Å²) < 4.78 is 0. The zero-order valence-electron chi connectivity index (χ0n) is 25.7. The molecule has 2 aromatic rings. The summed E-state index contributed by atoms with van der Waals surface area (Å²) in [5, 5.41) is 0. The third-order valence-corrected chi connectivity index (χ3v) is 7.45. The summed E-state index contributed by atoms with van der Waals surface area (Å²) in [6.45, 7) is 13.4. The van der Waals surface area contributed by atoms with Crippen LogP contribution in [0.4, 0.5) is 11.4 Å². The maximum atomic E-state index is 4.96. The summed E-state index contributed by atoms with van der Waals surface area (Å²) in [6.07, 6.45) is 22.1. The summed E-state index contributed by atoms with van der Waals surface area (Å²) in [5.74, 6) is 0. The highest BCUT2D eigenvalue weighted by molar-refractivity contribution is 6.30. The number of hydrogen-bond acceptors (Lipinski definition) is 2. The minimum atomic E-state index is 0.960. The highest BCUT2D eigenvalue weighted by Crippen LogP contribution is 2.28. The van der Waals surface area contributed by atoms with E-state index in [1.165, 1.54) is 112 Å². The maximum Gasteiger partial charge on any atom is 0.0638 e. The van der Waals surface area contributed by atoms with Crippen molar-refractivity contribution < 1.29 is 0 Å². The molecule has 2 rings (SSSR count). The van der Waals surface area contributed by atoms with Crippen molar-refractivity contribution in [3.8, 4) is 0 Å². The van der Waals surface area contributed by atoms with Gasteiger partial charge in [0.15, 0.2) is 0 Å². The van der Waals surface area contributed by atoms with Crippen LogP contribution < -0.4 is 0 Å². The summed E-state index contributed by atoms with van der Waals surface area (Å²) in [4.78, 5) is 9.89. The molecule has 0 saturated heterocycles. The van der Waals surface area contributed by atoms with Crippen molar-refractivity contribution in [3.63, 3.8) is 0 Å². The molecule has 0 unspecified atom stereocenters. The molecular formula is C36H56N2. The smallest absolute Gasteiger partial charge is 0.0638 e. The lowest BCUT2D eigenvalue weighted by molar-refractivity contribution is 0.660. The largest absolute Gasteiger partial charge is 0.255 e. The Balaban J connectivity index is 2.27. The minimum Gasteiger partial charge on any atom is -0.255 e. The topological polar surface area (TPSA) is 24.7 Å². The van der Waals surface area contributed by atoms with Crippen LogP contribution in [0.5, 0.6) is 0 Å². The van der Waals surface area contributed by atoms with Gasteiger partial charge in [0.2, 0.25) is 0 Å². The Kier molecular flexibility index (Phi) is 15.9. The van der Waals surface area contributed by atoms with E-state index in [1.807, 2.05) is 6.21 Å². The molecule has 2 heteroatoms. The molecule has 0 amide bonds. The van der Waals surface area contributed by atoms with Crippen LogP contribution in [0.25, 0.3) is 0 Å². The number of benzene rings is 2. The molecule has 2 nitrogen and oxygen atoms in total. The van der Waals surface area contributed by atoms with Crippen molar-refractivity contribution in [2.45, 2.75) is 144 Å². The average Bonchev–Trinajstić information content (AvgIpc) is 2.90. The lowest BCUT2D eigenvalue weighted by Gasteiger charge is -2.16. The second-order valence-electron chi connectivity index (χ2n) is 11.3. The van der Waals surface area contributed by atoms with Crippen LogP contribution in [0.2, 0.25) is 0 Å². The predicted octanol–water partition coefficient (Wildman–Crippen LogP) is 11.4. The van der Waals surface area contributed by atoms with Gasteiger partial charge in [-0.25, -0.2) is 0 Å². The van der Waals surface area contributed by atoms with Crippen molar-refractivity contribution in [2.75, 3.05) is 0 Å². The first-order chi connectivity index (χ1) is 18.5. The first kappa shape index (κ1) is 32.0. The van der Waals surface area contributed by atoms with E-state index in [9.17, 15) is 0 Å². The lowest BCUT2D eigenvalue weighted by atomic mass is 9.90. The fourth-order valence-corrected chi connectivity index (χ4v) is 5.29. The Morgan fingerprint density at radius 3 is 1.82 bits per heavy atom. The van der Waals surface area contributed by atoms with E-state index < -0.39 is 0 Å². The first-order valence-electron chi connectivity index (χ1n) is 15.8. The average molecular weight is 517 g/mol. The van der Waals surface area contributed by atoms with Gasteiger partial charge in [-0.05, 0) is 117 Å². The standard InChI is InChI=1S/C36H56N2/c1-7-11-15-17-19-31-23-29(5)24-35(25-31)38-30(6)28-37-34-26-32(20-13-9-3)36(22-14-10-4)33(27-34)21-18-16-12-8-2/h23-28H,7-22H2,1-6H3. The zero-order valence-corrected chi connectivity index (χ0v) is 25.7. The molecule has 2 aromatic carbocycles. The highest BCUT2D eigenvalue weighted by Gasteiger charge is 2.11. The van der Waals surface area contributed by atoms with Crippen LogP contribution in [0, 0.1) is 6.92 Å². The Labute approximate surface area is 235 Å². The van der Waals surface area contributed by atoms with Gasteiger partial charge in [0.25, 0.3) is 0 Å². The second kappa shape index (κ2) is 18.9. The number of nitrogens with zero attached hydrogens (tertiary/aromatic N) is 2. The maximum absolute atomic E-state index is 4.96. The van der Waals surface area contributed by atoms with Gasteiger partial charge < -0.3 is 0 Å². The summed E-state index contributed by atoms with van der Waals surface area (Å²) in [6, 6.07) is 11.5. The molecule has 0 aliphatic rings. The van der Waals surface area contributed by atoms with E-state index in [-0.39, 0.29) is 0 Å². The van der Waals surface area contributed by atoms with E-state index in [0.717, 1.165) is 29.9 Å². The summed E-state index contributed by atoms with van der Waals surface area (Å²) in [5.41, 5.74) is 10.5. The predicted molar refractivity (Wildman–Crippen MR) is 171 cm³/mol. The highest BCUT2D eigenvalue weighted by atomic mass is 14.8. The van der Waals surface area contributed by atoms with Gasteiger partial charge in [0.1, 0.15) is 0 Å². The van der Waals surface area contributed by atoms with E-state index >= 15 is 0 Å². The van der Waals surface area contributed by atoms with E-state index in [1.54, 1.807) is 5.56 Å². The molecule has 0 bridgehead atoms. The first-order valence-corrected chi connectivity index (χ1v) is 15.8. The molecule has 0 fully saturated rings. The number of unbranched alkanes of at least 4 members (excludes halogenated alkanes) is 8. The molecule has 0 aliphatic heterocycles. The number of rotatable bonds is 19. The van der Waals surface area contributed by atoms with Gasteiger partial charge in [0, 0.05) is 6.21 Å². The molecule has 0 N–H and O–H groups in total. The van der Waals surface area contributed by atoms with Gasteiger partial charge >= 0.3 is 0 Å². The Morgan fingerprint density at radius 2 is 1.18 bits per heavy atom. The quantitative estimate of drug-likeness (QED) is 0.131. The molecular weight excluding hydrogens is 460 g/mol. The molecule has 0 saturated carbocycles. The van der Waals surface area contributed by atoms with Crippen LogP contribution in [0.3, 0.4) is 0 Å². The van der Waals surface area contributed by atoms with Crippen molar-refractivity contribution in [3.05, 3.63) is 58.1 Å². The molecule has 0 radical (unpaired) electrons. The number of aliphatic imine (C=N–C) groups is 2. The van der Waals surface area contributed by atoms with Crippen LogP contribution in [0.15, 0.2) is 40.3 Å². The SMILES string of the molecule is CCCCCCc1cc(C)cc(N=C(C)C=Nc2cc(CCCC)c(CCCC)c(CCCCCC)c2)c1. The monoisotopic (exact) mass is 516 g/mol. The summed E-state index contributed by atoms with van der Waals surface area (Å²) >= 11 is 0. The summed E-state index contributed by atoms with van der Waals surface area (Å²) in [7, 11) is 0. The van der Waals surface area contributed by atoms with E-state index in [4.69, 9.17) is 9.98 Å². The van der Waals surface area contributed by atoms with Crippen LogP contribution in [-0.4, -0.2) is 11.9 Å². The molecule has 0 spiro atoms. The van der Waals surface area contributed by atoms with Crippen molar-refractivity contribution in [1.29, 1.82) is 0 Å². The van der Waals surface area contributed by atoms with Gasteiger partial charge in [0.05, 0.1) is 17.1 Å². The van der Waals surface area contributed by atoms with Crippen LogP contribution in [-0.2, 0) is 25.7 Å². The zero-order chi connectivity index (χ0) is 27.6. The van der Waals surface area contributed by atoms with Gasteiger partial charge in [-0.1, -0.05) is 85.1 Å². The third-order valence-electron chi connectivity index (χ3n) is 7.45. The fraction of sp³-hybridized carbons (Fsp3) is 0.611. The normalized spacial score (nSPS) is 12.1. The van der Waals surface area contributed by atoms with Crippen molar-refractivity contribution in [1.82, 2.24) is 0 Å². The molecule has 0 aliphatic carbocycles.